The van der Waals surface area contributed by atoms with Gasteiger partial charge in [0.1, 0.15) is 0 Å². The van der Waals surface area contributed by atoms with Gasteiger partial charge in [0.25, 0.3) is 0 Å². The summed E-state index contributed by atoms with van der Waals surface area (Å²) in [7, 11) is 4.34. The Morgan fingerprint density at radius 2 is 0.634 bits per heavy atom. The van der Waals surface area contributed by atoms with E-state index in [-0.39, 0.29) is 10.8 Å². The van der Waals surface area contributed by atoms with Crippen molar-refractivity contribution in [2.75, 3.05) is 0 Å². The van der Waals surface area contributed by atoms with E-state index in [0.717, 1.165) is 8.95 Å². The van der Waals surface area contributed by atoms with Gasteiger partial charge >= 0.3 is 24.8 Å². The third-order valence-corrected chi connectivity index (χ3v) is 21.1. The van der Waals surface area contributed by atoms with Crippen molar-refractivity contribution in [3.8, 4) is 33.6 Å². The average molecular weight is 1450 g/mol. The van der Waals surface area contributed by atoms with Gasteiger partial charge in [0.15, 0.2) is 4.30 Å². The van der Waals surface area contributed by atoms with Crippen molar-refractivity contribution >= 4 is 131 Å². The molecule has 0 aliphatic heterocycles. The van der Waals surface area contributed by atoms with E-state index >= 15 is 0 Å². The van der Waals surface area contributed by atoms with E-state index in [4.69, 9.17) is 34.8 Å². The Bertz CT molecular complexity index is 3850. The van der Waals surface area contributed by atoms with E-state index in [1.165, 1.54) is 257 Å². The maximum atomic E-state index is 4.81. The fraction of sp³-hybridized carbons (Fsp3) is 0.422. The number of para-hydroxylation sites is 2. The molecule has 0 bridgehead atoms. The molecule has 10 aromatic rings. The second-order valence-electron chi connectivity index (χ2n) is 26.2. The van der Waals surface area contributed by atoms with Crippen LogP contribution in [0.4, 0.5) is 0 Å². The molecule has 2 aromatic heterocycles. The molecule has 2 heterocycles. The molecule has 93 heavy (non-hydrogen) atoms. The third-order valence-electron chi connectivity index (χ3n) is 20.1. The van der Waals surface area contributed by atoms with Crippen LogP contribution in [0.2, 0.25) is 0 Å². The normalized spacial score (nSPS) is 13.1. The van der Waals surface area contributed by atoms with E-state index in [1.807, 2.05) is 0 Å². The summed E-state index contributed by atoms with van der Waals surface area (Å²) in [4.78, 5) is 0. The molecule has 3 nitrogen and oxygen atoms in total. The summed E-state index contributed by atoms with van der Waals surface area (Å²) in [5, 5.41) is 5.24. The Labute approximate surface area is 596 Å². The number of rotatable bonds is 30. The van der Waals surface area contributed by atoms with Crippen LogP contribution in [-0.2, 0) is 10.8 Å². The number of benzene rings is 8. The van der Waals surface area contributed by atoms with Gasteiger partial charge in [-0.2, -0.15) is 0 Å². The Hall–Kier alpha value is -4.60. The summed E-state index contributed by atoms with van der Waals surface area (Å²) < 4.78 is 9.18. The second kappa shape index (κ2) is 36.7. The van der Waals surface area contributed by atoms with Crippen molar-refractivity contribution < 1.29 is 0 Å². The zero-order valence-corrected chi connectivity index (χ0v) is 62.1. The first-order chi connectivity index (χ1) is 45.5. The monoisotopic (exact) mass is 1440 g/mol. The second-order valence-corrected chi connectivity index (χ2v) is 30.2. The minimum atomic E-state index is -0.750. The number of thiol groups is 1. The SMILES string of the molecule is CCCCCCCCC1(CCCCCCCC)c2ccccc2-c2ccc(-n3c4ccc(Br)cc4c4cc(Br)ccc43)cc21.CCCCCCCCC1(CCCCCCCC)c2ccccc2-c2ccc(-n3c4ccccc4c4ccccc43)cc21.ClC(Cl)Cl.[B]=NS. The quantitative estimate of drug-likeness (QED) is 0.0201. The molecule has 10 heteroatoms. The molecule has 0 amide bonds. The minimum absolute atomic E-state index is 0.0856. The van der Waals surface area contributed by atoms with Gasteiger partial charge in [0.05, 0.1) is 22.1 Å². The fourth-order valence-electron chi connectivity index (χ4n) is 15.8. The van der Waals surface area contributed by atoms with E-state index in [1.54, 1.807) is 22.3 Å². The van der Waals surface area contributed by atoms with E-state index in [2.05, 4.69) is 263 Å². The van der Waals surface area contributed by atoms with E-state index < -0.39 is 4.30 Å². The summed E-state index contributed by atoms with van der Waals surface area (Å²) in [6.07, 6.45) is 37.3. The number of halogens is 5. The molecule has 489 valence electrons. The topological polar surface area (TPSA) is 22.2 Å². The fourth-order valence-corrected chi connectivity index (χ4v) is 16.5. The van der Waals surface area contributed by atoms with Crippen LogP contribution in [0.5, 0.6) is 0 Å². The molecule has 0 unspecified atom stereocenters. The van der Waals surface area contributed by atoms with Crippen LogP contribution < -0.4 is 0 Å². The van der Waals surface area contributed by atoms with Crippen LogP contribution in [0.3, 0.4) is 0 Å². The van der Waals surface area contributed by atoms with Crippen molar-refractivity contribution in [3.05, 3.63) is 201 Å². The van der Waals surface area contributed by atoms with Crippen molar-refractivity contribution in [1.82, 2.24) is 9.13 Å². The third kappa shape index (κ3) is 17.4. The number of unbranched alkanes of at least 4 members (excludes halogenated alkanes) is 20. The Kier molecular flexibility index (Phi) is 28.7. The van der Waals surface area contributed by atoms with Crippen molar-refractivity contribution in [2.45, 2.75) is 223 Å². The number of fused-ring (bicyclic) bond motifs is 12. The standard InChI is InChI=1S/C41H47Br2N.C41H49N.CHCl3.BHNS/c1-3-5-7-9-11-15-25-41(26-16-12-10-8-6-4-2)37-18-14-13-17-33(37)34-22-21-32(29-38(34)41)44-39-23-19-30(42)27-35(39)36-28-31(43)20-24-40(36)44;1-3-5-7-9-11-19-29-41(30-20-12-10-8-6-4-2)37-24-16-13-21-33(37)34-28-27-32(31-38(34)41)42-39-25-17-14-22-35(39)36-23-15-18-26-40(36)42;2-1(3)4;1-2-3/h13-14,17-24,27-29H,3-12,15-16,25-26H2,1-2H3;13-18,21-28,31H,3-12,19-20,29-30H2,1-2H3;1H;3H. The Morgan fingerprint density at radius 1 is 0.355 bits per heavy atom. The van der Waals surface area contributed by atoms with Crippen LogP contribution in [0.15, 0.2) is 183 Å². The first-order valence-corrected chi connectivity index (χ1v) is 38.6. The summed E-state index contributed by atoms with van der Waals surface area (Å²) >= 11 is 25.1. The van der Waals surface area contributed by atoms with Gasteiger partial charge in [-0.1, -0.05) is 346 Å². The maximum absolute atomic E-state index is 4.81. The Balaban J connectivity index is 0.000000200. The van der Waals surface area contributed by atoms with Crippen LogP contribution in [0.1, 0.15) is 230 Å². The molecule has 0 saturated heterocycles. The van der Waals surface area contributed by atoms with Gasteiger partial charge in [-0.05, 0) is 143 Å². The zero-order valence-electron chi connectivity index (χ0n) is 55.8. The van der Waals surface area contributed by atoms with Gasteiger partial charge in [-0.25, -0.2) is 0 Å². The van der Waals surface area contributed by atoms with Gasteiger partial charge in [0, 0.05) is 52.7 Å². The molecular formula is C83H98BBr2Cl3N3S. The molecular weight excluding hydrogens is 1350 g/mol. The molecule has 0 N–H and O–H groups in total. The molecule has 0 saturated carbocycles. The van der Waals surface area contributed by atoms with Crippen molar-refractivity contribution in [2.24, 2.45) is 4.30 Å². The van der Waals surface area contributed by atoms with Crippen LogP contribution >= 0.6 is 79.5 Å². The number of aromatic nitrogens is 2. The zero-order chi connectivity index (χ0) is 65.6. The number of hydrogen-bond acceptors (Lipinski definition) is 2. The van der Waals surface area contributed by atoms with Crippen LogP contribution in [0.25, 0.3) is 77.2 Å². The molecule has 12 rings (SSSR count). The summed E-state index contributed by atoms with van der Waals surface area (Å²) in [6, 6.07) is 64.8. The molecule has 8 aromatic carbocycles. The molecule has 0 atom stereocenters. The molecule has 0 fully saturated rings. The molecule has 0 spiro atoms. The number of hydrogen-bond donors (Lipinski definition) is 1. The first-order valence-electron chi connectivity index (χ1n) is 35.3. The average Bonchev–Trinajstić information content (AvgIpc) is 1.56. The predicted octanol–water partition coefficient (Wildman–Crippen LogP) is 28.8. The van der Waals surface area contributed by atoms with Crippen molar-refractivity contribution in [3.63, 3.8) is 0 Å². The summed E-state index contributed by atoms with van der Waals surface area (Å²) in [6.45, 7) is 9.26. The molecule has 2 aliphatic carbocycles. The summed E-state index contributed by atoms with van der Waals surface area (Å²) in [5.74, 6) is 0. The molecule has 2 aliphatic rings. The Morgan fingerprint density at radius 3 is 0.978 bits per heavy atom. The van der Waals surface area contributed by atoms with Crippen molar-refractivity contribution in [1.29, 1.82) is 0 Å². The van der Waals surface area contributed by atoms with Gasteiger partial charge in [0.2, 0.25) is 0 Å². The molecule has 1 radical (unpaired) electrons. The number of nitrogens with zero attached hydrogens (tertiary/aromatic N) is 3. The van der Waals surface area contributed by atoms with Gasteiger partial charge in [-0.15, -0.1) is 0 Å². The van der Waals surface area contributed by atoms with Gasteiger partial charge < -0.3 is 9.13 Å². The van der Waals surface area contributed by atoms with E-state index in [9.17, 15) is 0 Å². The summed E-state index contributed by atoms with van der Waals surface area (Å²) in [5.41, 5.74) is 20.0. The number of alkyl halides is 3. The van der Waals surface area contributed by atoms with Crippen LogP contribution in [0, 0.1) is 0 Å². The van der Waals surface area contributed by atoms with Crippen LogP contribution in [-0.4, -0.2) is 21.1 Å². The van der Waals surface area contributed by atoms with Gasteiger partial charge in [-0.3, -0.25) is 0 Å². The predicted molar refractivity (Wildman–Crippen MR) is 420 cm³/mol. The first kappa shape index (κ1) is 72.7. The van der Waals surface area contributed by atoms with E-state index in [0.29, 0.717) is 0 Å².